The Labute approximate surface area is 779 Å². The number of phenolic OH excluding ortho intramolecular Hbond substituents is 1. The van der Waals surface area contributed by atoms with E-state index in [1.807, 2.05) is 13.8 Å². The Morgan fingerprint density at radius 3 is 1.81 bits per heavy atom. The number of nitrogens with one attached hydrogen (secondary N) is 13. The number of carbonyl (C=O) groups is 18. The molecule has 3 saturated heterocycles. The van der Waals surface area contributed by atoms with Gasteiger partial charge in [0.1, 0.15) is 90.8 Å². The lowest BCUT2D eigenvalue weighted by Gasteiger charge is -2.36. The standard InChI is InChI=1S/C91H127N23O21/c1-9-11-23-70-84(128)104-62(33-50(3)4)82(126)108-68(81(125)98-43-75(94)118)42-95-44-76(119)101-65(34-52-27-29-56(115)30-28-52)87(131)109(6)51(5)79(123)107-67(39-74(93)117)90(134)113-32-18-26-71(113)85(129)106-64(37-55-41-96-49-100-55)83(127)103-61(22-17-31-92)89(133)114-47-57(116)38-73(114)86(130)105-63(35-53-40-97-60-21-15-13-19-58(53)60)80(124)99-45-77(120)102-66(88(132)111(8)72(24-12-10-2)91(135)110(70)7)36-54-46-112(48-78(121)122)69-25-16-14-20-59(54)69/h13-16,19-21,25,27-30,40-41,46,49-51,57,61-68,70-73,95,97,115-116H,9-12,17-18,22-24,26,31-39,42-45,47-48,92H2,1-8H3,(H2,93,117)(H2,94,118)(H,96,100)(H,98,125)(H,99,124)(H,101,119)(H,102,120)(H,103,127)(H,104,128)(H,105,130)(H,106,129)(H,107,123)(H,108,126)(H,121,122)/t51-,57+,61-,62-,63-,64-,65-,66-,67?,68-,70-,71-,72-,73-/m0/s1. The highest BCUT2D eigenvalue weighted by molar-refractivity contribution is 6.02. The van der Waals surface area contributed by atoms with Crippen molar-refractivity contribution < 1.29 is 102 Å². The van der Waals surface area contributed by atoms with Crippen LogP contribution in [0.3, 0.4) is 0 Å². The topological polar surface area (TPSA) is 644 Å². The molecule has 0 bridgehead atoms. The number of carbonyl (C=O) groups excluding carboxylic acids is 17. The average molecular weight is 1880 g/mol. The maximum atomic E-state index is 15.8. The Bertz CT molecular complexity index is 5240. The molecule has 3 aliphatic rings. The SMILES string of the molecule is CCCC[C@H]1C(=O)N(C)[C@@H](CCCC)C(=O)N[C@@H](CC(C)C)C(=O)N[C@H](C(=O)NCC(N)=O)CNCC(=O)N[C@@H](Cc2ccc(O)cc2)C(=O)N(C)[C@@H](C)C(=O)NC(CC(N)=O)C(=O)N2CCC[C@H]2C(=O)N[C@@H](Cc2cnc[nH]2)C(=O)N[C@@H](CCCN)C(=O)N2C[C@H](O)C[C@H]2C(=O)N[C@@H](Cc2c[nH]c3ccccc23)C(=O)NCC(=O)N[C@@H](Cc2cn(CC(=O)O)c3ccccc23)C(=O)N1C. The molecule has 44 nitrogen and oxygen atoms in total. The minimum absolute atomic E-state index is 0.00318. The number of imidazole rings is 1. The molecule has 3 fully saturated rings. The van der Waals surface area contributed by atoms with E-state index in [0.717, 1.165) is 24.5 Å². The second kappa shape index (κ2) is 49.7. The predicted molar refractivity (Wildman–Crippen MR) is 490 cm³/mol. The first-order valence-corrected chi connectivity index (χ1v) is 45.4. The van der Waals surface area contributed by atoms with E-state index in [9.17, 15) is 68.1 Å². The zero-order valence-electron chi connectivity index (χ0n) is 77.1. The van der Waals surface area contributed by atoms with Crippen molar-refractivity contribution in [3.05, 3.63) is 120 Å². The number of fused-ring (bicyclic) bond motifs is 4. The largest absolute Gasteiger partial charge is 0.508 e. The number of aliphatic hydroxyl groups excluding tert-OH is 1. The van der Waals surface area contributed by atoms with Crippen LogP contribution >= 0.6 is 0 Å². The number of hydrogen-bond acceptors (Lipinski definition) is 23. The van der Waals surface area contributed by atoms with Gasteiger partial charge in [0.15, 0.2) is 0 Å². The zero-order valence-corrected chi connectivity index (χ0v) is 77.1. The summed E-state index contributed by atoms with van der Waals surface area (Å²) in [7, 11) is 3.90. The summed E-state index contributed by atoms with van der Waals surface area (Å²) in [4.78, 5) is 277. The third-order valence-corrected chi connectivity index (χ3v) is 24.3. The highest BCUT2D eigenvalue weighted by Crippen LogP contribution is 2.29. The minimum atomic E-state index is -1.79. The van der Waals surface area contributed by atoms with Crippen molar-refractivity contribution in [2.75, 3.05) is 67.0 Å². The monoisotopic (exact) mass is 1880 g/mol. The number of amides is 17. The average Bonchev–Trinajstić information content (AvgIpc) is 1.66. The highest BCUT2D eigenvalue weighted by Gasteiger charge is 2.46. The van der Waals surface area contributed by atoms with Gasteiger partial charge in [0, 0.05) is 119 Å². The molecule has 0 saturated carbocycles. The molecule has 14 atom stereocenters. The van der Waals surface area contributed by atoms with Gasteiger partial charge in [0.05, 0.1) is 38.5 Å². The van der Waals surface area contributed by atoms with Gasteiger partial charge < -0.3 is 130 Å². The number of aromatic hydroxyl groups is 1. The lowest BCUT2D eigenvalue weighted by molar-refractivity contribution is -0.149. The van der Waals surface area contributed by atoms with Crippen molar-refractivity contribution in [3.63, 3.8) is 0 Å². The Morgan fingerprint density at radius 1 is 0.570 bits per heavy atom. The number of aliphatic hydroxyl groups is 1. The Balaban J connectivity index is 1.09. The number of unbranched alkanes of at least 4 members (excludes halogenated alkanes) is 2. The number of hydrogen-bond donors (Lipinski definition) is 19. The van der Waals surface area contributed by atoms with E-state index in [0.29, 0.717) is 69.9 Å². The van der Waals surface area contributed by atoms with Crippen LogP contribution in [0.15, 0.2) is 97.7 Å². The molecule has 17 amide bonds. The normalized spacial score (nSPS) is 24.2. The smallest absolute Gasteiger partial charge is 0.323 e. The second-order valence-corrected chi connectivity index (χ2v) is 34.9. The molecule has 22 N–H and O–H groups in total. The van der Waals surface area contributed by atoms with E-state index in [1.54, 1.807) is 68.6 Å². The number of carboxylic acid groups (broad SMARTS) is 1. The summed E-state index contributed by atoms with van der Waals surface area (Å²) >= 11 is 0. The van der Waals surface area contributed by atoms with Gasteiger partial charge in [-0.2, -0.15) is 0 Å². The van der Waals surface area contributed by atoms with Crippen LogP contribution in [0.4, 0.5) is 0 Å². The summed E-state index contributed by atoms with van der Waals surface area (Å²) < 4.78 is 1.44. The summed E-state index contributed by atoms with van der Waals surface area (Å²) in [5, 5.41) is 62.0. The lowest BCUT2D eigenvalue weighted by Crippen LogP contribution is -2.61. The van der Waals surface area contributed by atoms with E-state index in [1.165, 1.54) is 75.6 Å². The van der Waals surface area contributed by atoms with Crippen LogP contribution in [-0.4, -0.2) is 317 Å². The molecular formula is C91H127N23O21. The number of nitrogens with zero attached hydrogens (tertiary/aromatic N) is 7. The molecule has 732 valence electrons. The van der Waals surface area contributed by atoms with Crippen molar-refractivity contribution in [1.82, 2.24) is 103 Å². The summed E-state index contributed by atoms with van der Waals surface area (Å²) in [5.74, 6) is -17.6. The second-order valence-electron chi connectivity index (χ2n) is 34.9. The number of aromatic nitrogens is 4. The van der Waals surface area contributed by atoms with Crippen molar-refractivity contribution in [2.24, 2.45) is 23.1 Å². The number of carboxylic acids is 1. The summed E-state index contributed by atoms with van der Waals surface area (Å²) in [6.07, 6.45) is 3.63. The highest BCUT2D eigenvalue weighted by atomic mass is 16.4. The van der Waals surface area contributed by atoms with Gasteiger partial charge in [0.25, 0.3) is 0 Å². The van der Waals surface area contributed by atoms with Crippen LogP contribution in [0, 0.1) is 5.92 Å². The predicted octanol–water partition coefficient (Wildman–Crippen LogP) is -3.40. The first-order valence-electron chi connectivity index (χ1n) is 45.4. The lowest BCUT2D eigenvalue weighted by atomic mass is 9.99. The molecule has 6 heterocycles. The molecule has 135 heavy (non-hydrogen) atoms. The summed E-state index contributed by atoms with van der Waals surface area (Å²) in [5.41, 5.74) is 19.8. The summed E-state index contributed by atoms with van der Waals surface area (Å²) in [6, 6.07) is -0.639. The van der Waals surface area contributed by atoms with Gasteiger partial charge in [-0.05, 0) is 105 Å². The number of likely N-dealkylation sites (N-methyl/N-ethyl adjacent to an activating group) is 3. The maximum absolute atomic E-state index is 15.8. The number of H-pyrrole nitrogens is 2. The van der Waals surface area contributed by atoms with Crippen LogP contribution in [0.5, 0.6) is 5.75 Å². The molecule has 0 aliphatic carbocycles. The molecule has 6 aromatic rings. The number of aromatic amines is 2. The molecule has 44 heteroatoms. The van der Waals surface area contributed by atoms with Gasteiger partial charge in [0.2, 0.25) is 100 Å². The fraction of sp³-hybridized carbons (Fsp3) is 0.527. The van der Waals surface area contributed by atoms with Gasteiger partial charge in [-0.15, -0.1) is 0 Å². The van der Waals surface area contributed by atoms with Crippen molar-refractivity contribution in [2.45, 2.75) is 235 Å². The van der Waals surface area contributed by atoms with Gasteiger partial charge in [-0.3, -0.25) is 86.3 Å². The first-order chi connectivity index (χ1) is 64.3. The van der Waals surface area contributed by atoms with Crippen LogP contribution in [-0.2, 0) is 119 Å². The number of rotatable bonds is 26. The van der Waals surface area contributed by atoms with Crippen LogP contribution in [0.1, 0.15) is 140 Å². The van der Waals surface area contributed by atoms with Gasteiger partial charge in [-0.25, -0.2) is 4.98 Å². The van der Waals surface area contributed by atoms with E-state index in [4.69, 9.17) is 17.2 Å². The van der Waals surface area contributed by atoms with E-state index < -0.39 is 243 Å². The number of primary amides is 2. The Hall–Kier alpha value is -13.9. The fourth-order valence-corrected chi connectivity index (χ4v) is 16.9. The van der Waals surface area contributed by atoms with E-state index >= 15 is 33.6 Å². The molecule has 1 unspecified atom stereocenters. The molecule has 3 aliphatic heterocycles. The van der Waals surface area contributed by atoms with E-state index in [-0.39, 0.29) is 95.4 Å². The van der Waals surface area contributed by atoms with Crippen LogP contribution in [0.25, 0.3) is 21.8 Å². The third-order valence-electron chi connectivity index (χ3n) is 24.3. The van der Waals surface area contributed by atoms with Crippen LogP contribution < -0.4 is 75.7 Å². The molecule has 0 radical (unpaired) electrons. The zero-order chi connectivity index (χ0) is 98.6. The minimum Gasteiger partial charge on any atom is -0.508 e. The van der Waals surface area contributed by atoms with Crippen molar-refractivity contribution in [3.8, 4) is 5.75 Å². The molecule has 9 rings (SSSR count). The molecule has 0 spiro atoms. The number of aliphatic carboxylic acids is 1. The first kappa shape index (κ1) is 105. The number of para-hydroxylation sites is 2. The Kier molecular flexibility index (Phi) is 38.6. The number of phenols is 1. The van der Waals surface area contributed by atoms with Crippen molar-refractivity contribution in [1.29, 1.82) is 0 Å². The quantitative estimate of drug-likeness (QED) is 0.0252. The van der Waals surface area contributed by atoms with E-state index in [2.05, 4.69) is 73.4 Å². The summed E-state index contributed by atoms with van der Waals surface area (Å²) in [6.45, 7) is 4.43. The van der Waals surface area contributed by atoms with Crippen molar-refractivity contribution >= 4 is 128 Å². The number of benzene rings is 3. The molecule has 3 aromatic carbocycles. The molecule has 3 aromatic heterocycles. The maximum Gasteiger partial charge on any atom is 0.323 e. The third kappa shape index (κ3) is 29.1. The molecular weight excluding hydrogens is 1750 g/mol. The Morgan fingerprint density at radius 2 is 1.16 bits per heavy atom. The number of nitrogens with two attached hydrogens (primary N) is 3. The fourth-order valence-electron chi connectivity index (χ4n) is 16.9. The van der Waals surface area contributed by atoms with Crippen LogP contribution in [0.2, 0.25) is 0 Å². The van der Waals surface area contributed by atoms with Gasteiger partial charge in [-0.1, -0.05) is 102 Å². The van der Waals surface area contributed by atoms with Gasteiger partial charge >= 0.3 is 5.97 Å².